The van der Waals surface area contributed by atoms with Crippen molar-refractivity contribution in [1.82, 2.24) is 4.90 Å². The van der Waals surface area contributed by atoms with Gasteiger partial charge in [0.15, 0.2) is 6.04 Å². The maximum absolute atomic E-state index is 11.8. The van der Waals surface area contributed by atoms with Crippen molar-refractivity contribution in [2.75, 3.05) is 6.61 Å². The van der Waals surface area contributed by atoms with Crippen molar-refractivity contribution in [3.05, 3.63) is 12.2 Å². The normalized spacial score (nSPS) is 19.0. The van der Waals surface area contributed by atoms with Crippen LogP contribution in [0.5, 0.6) is 0 Å². The molecular formula is C12H17NO5. The summed E-state index contributed by atoms with van der Waals surface area (Å²) in [5, 5.41) is 0. The Balaban J connectivity index is 2.81. The Labute approximate surface area is 106 Å². The van der Waals surface area contributed by atoms with E-state index in [9.17, 15) is 14.4 Å². The Morgan fingerprint density at radius 1 is 1.39 bits per heavy atom. The van der Waals surface area contributed by atoms with E-state index in [4.69, 9.17) is 9.47 Å². The summed E-state index contributed by atoms with van der Waals surface area (Å²) >= 11 is 0. The van der Waals surface area contributed by atoms with Gasteiger partial charge >= 0.3 is 12.1 Å². The van der Waals surface area contributed by atoms with Gasteiger partial charge in [-0.3, -0.25) is 4.79 Å². The van der Waals surface area contributed by atoms with Crippen LogP contribution in [0.3, 0.4) is 0 Å². The minimum absolute atomic E-state index is 0.180. The molecule has 0 radical (unpaired) electrons. The molecule has 0 saturated heterocycles. The van der Waals surface area contributed by atoms with Crippen LogP contribution >= 0.6 is 0 Å². The fourth-order valence-corrected chi connectivity index (χ4v) is 1.40. The lowest BCUT2D eigenvalue weighted by atomic mass is 10.2. The second-order valence-corrected chi connectivity index (χ2v) is 4.74. The van der Waals surface area contributed by atoms with Gasteiger partial charge in [-0.25, -0.2) is 14.5 Å². The van der Waals surface area contributed by atoms with E-state index in [0.717, 1.165) is 11.0 Å². The Kier molecular flexibility index (Phi) is 4.11. The van der Waals surface area contributed by atoms with E-state index >= 15 is 0 Å². The summed E-state index contributed by atoms with van der Waals surface area (Å²) in [5.41, 5.74) is -0.737. The molecule has 0 aromatic rings. The maximum atomic E-state index is 11.8. The number of carbonyl (C=O) groups excluding carboxylic acids is 3. The van der Waals surface area contributed by atoms with Crippen molar-refractivity contribution < 1.29 is 23.9 Å². The largest absolute Gasteiger partial charge is 0.464 e. The number of rotatable bonds is 2. The zero-order valence-electron chi connectivity index (χ0n) is 10.9. The smallest absolute Gasteiger partial charge is 0.418 e. The van der Waals surface area contributed by atoms with E-state index in [1.165, 1.54) is 6.08 Å². The van der Waals surface area contributed by atoms with Crippen LogP contribution in [0.25, 0.3) is 0 Å². The summed E-state index contributed by atoms with van der Waals surface area (Å²) in [6, 6.07) is -1.03. The molecule has 18 heavy (non-hydrogen) atoms. The van der Waals surface area contributed by atoms with Crippen molar-refractivity contribution in [3.63, 3.8) is 0 Å². The van der Waals surface area contributed by atoms with Gasteiger partial charge in [-0.2, -0.15) is 0 Å². The second kappa shape index (κ2) is 5.20. The number of esters is 1. The Morgan fingerprint density at radius 3 is 2.50 bits per heavy atom. The summed E-state index contributed by atoms with van der Waals surface area (Å²) in [6.45, 7) is 6.87. The highest BCUT2D eigenvalue weighted by molar-refractivity contribution is 6.06. The summed E-state index contributed by atoms with van der Waals surface area (Å²) in [5.74, 6) is -1.23. The van der Waals surface area contributed by atoms with E-state index < -0.39 is 29.6 Å². The molecule has 1 heterocycles. The first-order valence-corrected chi connectivity index (χ1v) is 5.67. The Bertz CT molecular complexity index is 394. The van der Waals surface area contributed by atoms with Crippen LogP contribution in [0.2, 0.25) is 0 Å². The minimum Gasteiger partial charge on any atom is -0.464 e. The Hall–Kier alpha value is -1.85. The minimum atomic E-state index is -1.03. The molecule has 0 bridgehead atoms. The van der Waals surface area contributed by atoms with Crippen LogP contribution in [0.1, 0.15) is 27.7 Å². The van der Waals surface area contributed by atoms with Crippen molar-refractivity contribution in [2.24, 2.45) is 0 Å². The van der Waals surface area contributed by atoms with Crippen molar-refractivity contribution in [1.29, 1.82) is 0 Å². The number of nitrogens with zero attached hydrogens (tertiary/aromatic N) is 1. The molecule has 1 aliphatic rings. The van der Waals surface area contributed by atoms with Crippen LogP contribution in [0.4, 0.5) is 4.79 Å². The first-order chi connectivity index (χ1) is 8.26. The maximum Gasteiger partial charge on any atom is 0.418 e. The lowest BCUT2D eigenvalue weighted by Gasteiger charge is -2.26. The van der Waals surface area contributed by atoms with Gasteiger partial charge in [-0.05, 0) is 33.8 Å². The molecule has 6 nitrogen and oxygen atoms in total. The fourth-order valence-electron chi connectivity index (χ4n) is 1.40. The summed E-state index contributed by atoms with van der Waals surface area (Å²) < 4.78 is 9.86. The van der Waals surface area contributed by atoms with E-state index in [-0.39, 0.29) is 6.61 Å². The molecule has 0 aliphatic carbocycles. The lowest BCUT2D eigenvalue weighted by Crippen LogP contribution is -2.46. The number of hydrogen-bond donors (Lipinski definition) is 0. The highest BCUT2D eigenvalue weighted by Gasteiger charge is 2.39. The number of amides is 2. The van der Waals surface area contributed by atoms with Gasteiger partial charge in [0.25, 0.3) is 5.91 Å². The summed E-state index contributed by atoms with van der Waals surface area (Å²) in [6.07, 6.45) is 1.63. The highest BCUT2D eigenvalue weighted by atomic mass is 16.6. The predicted molar refractivity (Wildman–Crippen MR) is 62.6 cm³/mol. The molecule has 0 N–H and O–H groups in total. The topological polar surface area (TPSA) is 72.9 Å². The molecular weight excluding hydrogens is 238 g/mol. The molecule has 0 saturated carbocycles. The third kappa shape index (κ3) is 3.32. The second-order valence-electron chi connectivity index (χ2n) is 4.74. The number of hydrogen-bond acceptors (Lipinski definition) is 5. The van der Waals surface area contributed by atoms with Crippen LogP contribution in [0.15, 0.2) is 12.2 Å². The zero-order valence-corrected chi connectivity index (χ0v) is 10.9. The average Bonchev–Trinajstić information content (AvgIpc) is 2.58. The number of ether oxygens (including phenoxy) is 2. The number of carbonyl (C=O) groups is 3. The van der Waals surface area contributed by atoms with Crippen LogP contribution in [-0.2, 0) is 19.1 Å². The van der Waals surface area contributed by atoms with Gasteiger partial charge in [-0.15, -0.1) is 0 Å². The standard InChI is InChI=1S/C12H17NO5/c1-5-17-10(15)8-6-7-9(14)13(8)11(16)18-12(2,3)4/h6-8H,5H2,1-4H3/t8-/m0/s1. The molecule has 6 heteroatoms. The van der Waals surface area contributed by atoms with Crippen LogP contribution < -0.4 is 0 Å². The third-order valence-electron chi connectivity index (χ3n) is 2.05. The predicted octanol–water partition coefficient (Wildman–Crippen LogP) is 1.25. The van der Waals surface area contributed by atoms with Gasteiger partial charge in [0, 0.05) is 6.08 Å². The molecule has 0 aromatic carbocycles. The van der Waals surface area contributed by atoms with Crippen LogP contribution in [0, 0.1) is 0 Å². The van der Waals surface area contributed by atoms with Crippen molar-refractivity contribution >= 4 is 18.0 Å². The van der Waals surface area contributed by atoms with Gasteiger partial charge in [-0.1, -0.05) is 0 Å². The molecule has 1 aliphatic heterocycles. The molecule has 0 unspecified atom stereocenters. The molecule has 2 amide bonds. The SMILES string of the molecule is CCOC(=O)[C@@H]1C=CC(=O)N1C(=O)OC(C)(C)C. The molecule has 1 rings (SSSR count). The highest BCUT2D eigenvalue weighted by Crippen LogP contribution is 2.18. The number of imide groups is 1. The zero-order chi connectivity index (χ0) is 13.9. The van der Waals surface area contributed by atoms with Gasteiger partial charge in [0.2, 0.25) is 0 Å². The monoisotopic (exact) mass is 255 g/mol. The Morgan fingerprint density at radius 2 is 2.00 bits per heavy atom. The molecule has 100 valence electrons. The van der Waals surface area contributed by atoms with Crippen molar-refractivity contribution in [3.8, 4) is 0 Å². The third-order valence-corrected chi connectivity index (χ3v) is 2.05. The fraction of sp³-hybridized carbons (Fsp3) is 0.583. The van der Waals surface area contributed by atoms with E-state index in [1.807, 2.05) is 0 Å². The molecule has 1 atom stereocenters. The first kappa shape index (κ1) is 14.2. The first-order valence-electron chi connectivity index (χ1n) is 5.67. The van der Waals surface area contributed by atoms with Crippen molar-refractivity contribution in [2.45, 2.75) is 39.3 Å². The van der Waals surface area contributed by atoms with Gasteiger partial charge in [0.05, 0.1) is 6.61 Å². The quantitative estimate of drug-likeness (QED) is 0.694. The molecule has 0 fully saturated rings. The molecule has 0 spiro atoms. The molecule has 0 aromatic heterocycles. The van der Waals surface area contributed by atoms with E-state index in [0.29, 0.717) is 0 Å². The summed E-state index contributed by atoms with van der Waals surface area (Å²) in [7, 11) is 0. The van der Waals surface area contributed by atoms with Gasteiger partial charge in [0.1, 0.15) is 5.60 Å². The lowest BCUT2D eigenvalue weighted by molar-refractivity contribution is -0.149. The van der Waals surface area contributed by atoms with E-state index in [1.54, 1.807) is 27.7 Å². The van der Waals surface area contributed by atoms with Crippen LogP contribution in [-0.4, -0.2) is 41.1 Å². The average molecular weight is 255 g/mol. The van der Waals surface area contributed by atoms with E-state index in [2.05, 4.69) is 0 Å². The van der Waals surface area contributed by atoms with Gasteiger partial charge < -0.3 is 9.47 Å². The summed E-state index contributed by atoms with van der Waals surface area (Å²) in [4.78, 5) is 35.7.